The lowest BCUT2D eigenvalue weighted by Gasteiger charge is -2.12. The second-order valence-electron chi connectivity index (χ2n) is 7.23. The van der Waals surface area contributed by atoms with E-state index < -0.39 is 52.8 Å². The lowest BCUT2D eigenvalue weighted by molar-refractivity contribution is 0.0953. The van der Waals surface area contributed by atoms with Gasteiger partial charge in [0, 0.05) is 11.1 Å². The Morgan fingerprint density at radius 2 is 1.67 bits per heavy atom. The van der Waals surface area contributed by atoms with Gasteiger partial charge in [0.05, 0.1) is 17.6 Å². The number of aliphatic hydroxyl groups excluding tert-OH is 3. The third-order valence-electron chi connectivity index (χ3n) is 5.05. The van der Waals surface area contributed by atoms with Crippen molar-refractivity contribution >= 4 is 28.1 Å². The summed E-state index contributed by atoms with van der Waals surface area (Å²) in [5, 5.41) is 30.0. The summed E-state index contributed by atoms with van der Waals surface area (Å²) in [6.07, 6.45) is -1.25. The Balaban J connectivity index is 1.93. The number of carbonyl (C=O) groups is 1. The molecule has 1 unspecified atom stereocenters. The average Bonchev–Trinajstić information content (AvgIpc) is 3.25. The molecular weight excluding hydrogens is 437 g/mol. The highest BCUT2D eigenvalue weighted by Crippen LogP contribution is 2.30. The van der Waals surface area contributed by atoms with E-state index in [1.165, 1.54) is 24.3 Å². The quantitative estimate of drug-likeness (QED) is 0.150. The number of imidazole rings is 1. The fraction of sp³-hybridized carbons (Fsp3) is 0.0833. The summed E-state index contributed by atoms with van der Waals surface area (Å²) in [5.41, 5.74) is 0.350. The normalized spacial score (nSPS) is 13.1. The van der Waals surface area contributed by atoms with Gasteiger partial charge in [0.25, 0.3) is 0 Å². The second kappa shape index (κ2) is 8.89. The summed E-state index contributed by atoms with van der Waals surface area (Å²) in [6, 6.07) is 13.6. The molecule has 0 radical (unpaired) electrons. The van der Waals surface area contributed by atoms with E-state index in [-0.39, 0.29) is 17.0 Å². The number of carbonyl (C=O) groups excluding carboxylic acids is 1. The van der Waals surface area contributed by atoms with Crippen molar-refractivity contribution in [1.29, 1.82) is 0 Å². The molecule has 4 aromatic rings. The van der Waals surface area contributed by atoms with Gasteiger partial charge < -0.3 is 20.3 Å². The molecule has 168 valence electrons. The number of aromatic amines is 1. The molecule has 1 heterocycles. The highest BCUT2D eigenvalue weighted by atomic mass is 19.2. The van der Waals surface area contributed by atoms with Crippen molar-refractivity contribution in [2.45, 2.75) is 6.10 Å². The predicted octanol–water partition coefficient (Wildman–Crippen LogP) is 4.32. The van der Waals surface area contributed by atoms with Gasteiger partial charge in [-0.05, 0) is 35.9 Å². The molecule has 0 amide bonds. The first-order chi connectivity index (χ1) is 15.8. The number of para-hydroxylation sites is 2. The summed E-state index contributed by atoms with van der Waals surface area (Å²) in [6.45, 7) is -0.580. The van der Waals surface area contributed by atoms with Crippen molar-refractivity contribution < 1.29 is 33.3 Å². The Morgan fingerprint density at radius 1 is 0.970 bits per heavy atom. The van der Waals surface area contributed by atoms with Gasteiger partial charge in [-0.2, -0.15) is 0 Å². The minimum atomic E-state index is -1.71. The zero-order valence-electron chi connectivity index (χ0n) is 16.9. The number of aliphatic hydroxyl groups is 3. The van der Waals surface area contributed by atoms with E-state index in [0.717, 1.165) is 0 Å². The molecule has 0 spiro atoms. The smallest absolute Gasteiger partial charge is 0.200 e. The molecular formula is C24H17F3N2O4. The fourth-order valence-electron chi connectivity index (χ4n) is 3.37. The van der Waals surface area contributed by atoms with Crippen molar-refractivity contribution in [3.63, 3.8) is 0 Å². The first-order valence-corrected chi connectivity index (χ1v) is 9.77. The van der Waals surface area contributed by atoms with Crippen molar-refractivity contribution in [1.82, 2.24) is 9.97 Å². The molecule has 33 heavy (non-hydrogen) atoms. The molecule has 4 rings (SSSR count). The van der Waals surface area contributed by atoms with Crippen LogP contribution in [-0.2, 0) is 0 Å². The van der Waals surface area contributed by atoms with Gasteiger partial charge in [-0.3, -0.25) is 4.79 Å². The van der Waals surface area contributed by atoms with E-state index in [4.69, 9.17) is 0 Å². The summed E-state index contributed by atoms with van der Waals surface area (Å²) < 4.78 is 41.1. The number of hydrogen-bond donors (Lipinski definition) is 4. The number of Topliss-reactive ketones (excluding diaryl/α,β-unsaturated/α-hetero) is 1. The SMILES string of the molecule is O=C(C(=C(O)c1cc(F)c(F)c(F)c1)c1nc2ccccc2[nH]1)c1cccc(C(O)CO)c1. The number of benzene rings is 3. The first-order valence-electron chi connectivity index (χ1n) is 9.77. The van der Waals surface area contributed by atoms with Crippen molar-refractivity contribution in [3.8, 4) is 0 Å². The van der Waals surface area contributed by atoms with Crippen molar-refractivity contribution in [3.05, 3.63) is 101 Å². The molecule has 0 bridgehead atoms. The molecule has 0 aliphatic carbocycles. The minimum absolute atomic E-state index is 0.00469. The van der Waals surface area contributed by atoms with Gasteiger partial charge in [-0.25, -0.2) is 18.2 Å². The van der Waals surface area contributed by atoms with Gasteiger partial charge in [0.15, 0.2) is 17.5 Å². The van der Waals surface area contributed by atoms with E-state index >= 15 is 0 Å². The Labute approximate surface area is 185 Å². The van der Waals surface area contributed by atoms with Crippen LogP contribution in [0.15, 0.2) is 60.7 Å². The Bertz CT molecular complexity index is 1340. The lowest BCUT2D eigenvalue weighted by Crippen LogP contribution is -2.10. The minimum Gasteiger partial charge on any atom is -0.506 e. The number of nitrogens with zero attached hydrogens (tertiary/aromatic N) is 1. The number of halogens is 3. The third-order valence-corrected chi connectivity index (χ3v) is 5.05. The van der Waals surface area contributed by atoms with E-state index in [1.807, 2.05) is 0 Å². The van der Waals surface area contributed by atoms with Gasteiger partial charge in [-0.1, -0.05) is 30.3 Å². The fourth-order valence-corrected chi connectivity index (χ4v) is 3.37. The van der Waals surface area contributed by atoms with Crippen LogP contribution in [0.3, 0.4) is 0 Å². The highest BCUT2D eigenvalue weighted by Gasteiger charge is 2.25. The van der Waals surface area contributed by atoms with Crippen LogP contribution in [0.2, 0.25) is 0 Å². The molecule has 3 aromatic carbocycles. The standard InChI is InChI=1S/C24H17F3N2O4/c25-15-9-14(10-16(26)21(15)27)23(33)20(24-28-17-6-1-2-7-18(17)29-24)22(32)13-5-3-4-12(8-13)19(31)11-30/h1-10,19,30-31,33H,11H2,(H,28,29). The number of hydrogen-bond acceptors (Lipinski definition) is 5. The number of aromatic nitrogens is 2. The topological polar surface area (TPSA) is 106 Å². The molecule has 0 aliphatic rings. The van der Waals surface area contributed by atoms with Crippen LogP contribution < -0.4 is 0 Å². The Kier molecular flexibility index (Phi) is 5.99. The van der Waals surface area contributed by atoms with E-state index in [1.54, 1.807) is 24.3 Å². The van der Waals surface area contributed by atoms with E-state index in [2.05, 4.69) is 9.97 Å². The number of fused-ring (bicyclic) bond motifs is 1. The lowest BCUT2D eigenvalue weighted by atomic mass is 9.96. The summed E-state index contributed by atoms with van der Waals surface area (Å²) in [5.74, 6) is -6.50. The monoisotopic (exact) mass is 454 g/mol. The van der Waals surface area contributed by atoms with Crippen molar-refractivity contribution in [2.24, 2.45) is 0 Å². The van der Waals surface area contributed by atoms with E-state index in [9.17, 15) is 33.3 Å². The first kappa shape index (κ1) is 22.3. The Morgan fingerprint density at radius 3 is 2.33 bits per heavy atom. The molecule has 1 atom stereocenters. The highest BCUT2D eigenvalue weighted by molar-refractivity contribution is 6.33. The molecule has 0 aliphatic heterocycles. The molecule has 9 heteroatoms. The van der Waals surface area contributed by atoms with E-state index in [0.29, 0.717) is 23.2 Å². The molecule has 6 nitrogen and oxygen atoms in total. The zero-order chi connectivity index (χ0) is 23.7. The molecule has 1 aromatic heterocycles. The number of ketones is 1. The largest absolute Gasteiger partial charge is 0.506 e. The summed E-state index contributed by atoms with van der Waals surface area (Å²) in [7, 11) is 0. The molecule has 0 saturated heterocycles. The number of allylic oxidation sites excluding steroid dienone is 1. The number of nitrogens with one attached hydrogen (secondary N) is 1. The Hall–Kier alpha value is -3.95. The summed E-state index contributed by atoms with van der Waals surface area (Å²) in [4.78, 5) is 20.6. The maximum absolute atomic E-state index is 13.8. The van der Waals surface area contributed by atoms with Crippen LogP contribution in [0.5, 0.6) is 0 Å². The summed E-state index contributed by atoms with van der Waals surface area (Å²) >= 11 is 0. The van der Waals surface area contributed by atoms with Gasteiger partial charge in [-0.15, -0.1) is 0 Å². The van der Waals surface area contributed by atoms with Crippen molar-refractivity contribution in [2.75, 3.05) is 6.61 Å². The third kappa shape index (κ3) is 4.23. The molecule has 0 fully saturated rings. The van der Waals surface area contributed by atoms with Crippen LogP contribution >= 0.6 is 0 Å². The van der Waals surface area contributed by atoms with Crippen LogP contribution in [0.25, 0.3) is 22.4 Å². The van der Waals surface area contributed by atoms with Gasteiger partial charge in [0.1, 0.15) is 23.3 Å². The van der Waals surface area contributed by atoms with Gasteiger partial charge >= 0.3 is 0 Å². The zero-order valence-corrected chi connectivity index (χ0v) is 16.9. The van der Waals surface area contributed by atoms with Crippen LogP contribution in [0, 0.1) is 17.5 Å². The van der Waals surface area contributed by atoms with Crippen LogP contribution in [0.4, 0.5) is 13.2 Å². The maximum atomic E-state index is 13.8. The average molecular weight is 454 g/mol. The van der Waals surface area contributed by atoms with Gasteiger partial charge in [0.2, 0.25) is 5.78 Å². The predicted molar refractivity (Wildman–Crippen MR) is 115 cm³/mol. The number of rotatable bonds is 6. The maximum Gasteiger partial charge on any atom is 0.200 e. The number of H-pyrrole nitrogens is 1. The molecule has 0 saturated carbocycles. The van der Waals surface area contributed by atoms with Crippen LogP contribution in [-0.4, -0.2) is 37.7 Å². The second-order valence-corrected chi connectivity index (χ2v) is 7.23. The van der Waals surface area contributed by atoms with Crippen LogP contribution in [0.1, 0.15) is 33.4 Å². The molecule has 4 N–H and O–H groups in total.